The van der Waals surface area contributed by atoms with Crippen LogP contribution < -0.4 is 10.2 Å². The normalized spacial score (nSPS) is 14.6. The summed E-state index contributed by atoms with van der Waals surface area (Å²) < 4.78 is 2.04. The summed E-state index contributed by atoms with van der Waals surface area (Å²) >= 11 is 1.41. The first kappa shape index (κ1) is 21.4. The van der Waals surface area contributed by atoms with Crippen LogP contribution in [0, 0.1) is 12.8 Å². The fourth-order valence-electron chi connectivity index (χ4n) is 3.77. The van der Waals surface area contributed by atoms with E-state index in [-0.39, 0.29) is 5.91 Å². The van der Waals surface area contributed by atoms with Gasteiger partial charge in [-0.25, -0.2) is 0 Å². The lowest BCUT2D eigenvalue weighted by Gasteiger charge is -2.32. The highest BCUT2D eigenvalue weighted by Crippen LogP contribution is 2.24. The van der Waals surface area contributed by atoms with Crippen molar-refractivity contribution in [2.75, 3.05) is 29.1 Å². The first-order valence-corrected chi connectivity index (χ1v) is 11.8. The monoisotopic (exact) mass is 435 g/mol. The zero-order valence-electron chi connectivity index (χ0n) is 18.1. The number of carbonyl (C=O) groups is 1. The Bertz CT molecular complexity index is 995. The highest BCUT2D eigenvalue weighted by Gasteiger charge is 2.16. The van der Waals surface area contributed by atoms with Crippen LogP contribution in [0.2, 0.25) is 0 Å². The van der Waals surface area contributed by atoms with Crippen molar-refractivity contribution < 1.29 is 4.79 Å². The minimum atomic E-state index is -0.0449. The van der Waals surface area contributed by atoms with Crippen LogP contribution in [0.15, 0.2) is 59.8 Å². The maximum Gasteiger partial charge on any atom is 0.234 e. The van der Waals surface area contributed by atoms with Gasteiger partial charge in [0.15, 0.2) is 5.16 Å². The third-order valence-electron chi connectivity index (χ3n) is 5.72. The number of rotatable bonds is 7. The molecule has 2 aromatic carbocycles. The number of nitrogens with one attached hydrogen (secondary N) is 1. The van der Waals surface area contributed by atoms with Gasteiger partial charge in [-0.2, -0.15) is 0 Å². The summed E-state index contributed by atoms with van der Waals surface area (Å²) in [5, 5.41) is 12.2. The molecule has 31 heavy (non-hydrogen) atoms. The number of piperidine rings is 1. The number of thioether (sulfide) groups is 1. The van der Waals surface area contributed by atoms with Crippen molar-refractivity contribution in [3.05, 3.63) is 66.0 Å². The van der Waals surface area contributed by atoms with Crippen LogP contribution in [0.1, 0.15) is 31.2 Å². The van der Waals surface area contributed by atoms with E-state index in [1.807, 2.05) is 41.8 Å². The number of aryl methyl sites for hydroxylation is 1. The number of amides is 1. The Morgan fingerprint density at radius 3 is 2.48 bits per heavy atom. The number of nitrogens with zero attached hydrogens (tertiary/aromatic N) is 4. The average molecular weight is 436 g/mol. The molecule has 4 rings (SSSR count). The molecular formula is C24H29N5OS. The van der Waals surface area contributed by atoms with E-state index in [2.05, 4.69) is 51.6 Å². The molecule has 0 aliphatic carbocycles. The van der Waals surface area contributed by atoms with Gasteiger partial charge in [0.05, 0.1) is 12.3 Å². The first-order chi connectivity index (χ1) is 15.1. The minimum Gasteiger partial charge on any atom is -0.372 e. The number of anilines is 2. The summed E-state index contributed by atoms with van der Waals surface area (Å²) in [6.45, 7) is 7.16. The molecule has 1 amide bonds. The summed E-state index contributed by atoms with van der Waals surface area (Å²) in [7, 11) is 0. The summed E-state index contributed by atoms with van der Waals surface area (Å²) in [4.78, 5) is 14.9. The molecule has 0 saturated carbocycles. The summed E-state index contributed by atoms with van der Waals surface area (Å²) in [6, 6.07) is 18.4. The zero-order valence-corrected chi connectivity index (χ0v) is 18.9. The molecule has 1 aromatic heterocycles. The Labute approximate surface area is 188 Å². The van der Waals surface area contributed by atoms with E-state index >= 15 is 0 Å². The van der Waals surface area contributed by atoms with E-state index in [0.29, 0.717) is 12.3 Å². The standard InChI is InChI=1S/C24H29N5OS/c1-18-12-14-28(15-13-18)22-10-8-21(9-11-22)25-23(30)17-31-24-27-26-19(2)29(24)16-20-6-4-3-5-7-20/h3-11,18H,12-17H2,1-2H3,(H,25,30). The van der Waals surface area contributed by atoms with Gasteiger partial charge in [0.1, 0.15) is 5.82 Å². The van der Waals surface area contributed by atoms with Crippen molar-refractivity contribution in [3.63, 3.8) is 0 Å². The van der Waals surface area contributed by atoms with Gasteiger partial charge in [-0.3, -0.25) is 4.79 Å². The lowest BCUT2D eigenvalue weighted by atomic mass is 9.99. The van der Waals surface area contributed by atoms with Gasteiger partial charge >= 0.3 is 0 Å². The third-order valence-corrected chi connectivity index (χ3v) is 6.68. The Morgan fingerprint density at radius 1 is 1.06 bits per heavy atom. The molecule has 7 heteroatoms. The second-order valence-corrected chi connectivity index (χ2v) is 9.10. The summed E-state index contributed by atoms with van der Waals surface area (Å²) in [5.41, 5.74) is 3.23. The molecule has 6 nitrogen and oxygen atoms in total. The van der Waals surface area contributed by atoms with Gasteiger partial charge in [0, 0.05) is 24.5 Å². The Morgan fingerprint density at radius 2 is 1.77 bits per heavy atom. The maximum absolute atomic E-state index is 12.5. The van der Waals surface area contributed by atoms with Crippen LogP contribution in [0.4, 0.5) is 11.4 Å². The van der Waals surface area contributed by atoms with Gasteiger partial charge in [-0.1, -0.05) is 49.0 Å². The maximum atomic E-state index is 12.5. The lowest BCUT2D eigenvalue weighted by molar-refractivity contribution is -0.113. The zero-order chi connectivity index (χ0) is 21.6. The van der Waals surface area contributed by atoms with Crippen molar-refractivity contribution in [2.24, 2.45) is 5.92 Å². The molecule has 1 saturated heterocycles. The Hall–Kier alpha value is -2.80. The van der Waals surface area contributed by atoms with E-state index in [1.54, 1.807) is 0 Å². The number of benzene rings is 2. The molecule has 0 spiro atoms. The molecule has 0 bridgehead atoms. The van der Waals surface area contributed by atoms with E-state index in [9.17, 15) is 4.79 Å². The van der Waals surface area contributed by atoms with Crippen LogP contribution in [-0.4, -0.2) is 39.5 Å². The average Bonchev–Trinajstić information content (AvgIpc) is 3.13. The van der Waals surface area contributed by atoms with Crippen LogP contribution in [-0.2, 0) is 11.3 Å². The molecule has 2 heterocycles. The fraction of sp³-hybridized carbons (Fsp3) is 0.375. The number of aromatic nitrogens is 3. The molecule has 1 N–H and O–H groups in total. The molecule has 3 aromatic rings. The largest absolute Gasteiger partial charge is 0.372 e. The lowest BCUT2D eigenvalue weighted by Crippen LogP contribution is -2.32. The van der Waals surface area contributed by atoms with Crippen molar-refractivity contribution in [3.8, 4) is 0 Å². The minimum absolute atomic E-state index is 0.0449. The second-order valence-electron chi connectivity index (χ2n) is 8.15. The molecule has 0 radical (unpaired) electrons. The van der Waals surface area contributed by atoms with Gasteiger partial charge in [0.25, 0.3) is 0 Å². The van der Waals surface area contributed by atoms with E-state index < -0.39 is 0 Å². The number of hydrogen-bond donors (Lipinski definition) is 1. The van der Waals surface area contributed by atoms with Gasteiger partial charge in [-0.05, 0) is 55.5 Å². The molecular weight excluding hydrogens is 406 g/mol. The topological polar surface area (TPSA) is 63.1 Å². The highest BCUT2D eigenvalue weighted by atomic mass is 32.2. The van der Waals surface area contributed by atoms with Crippen molar-refractivity contribution in [1.82, 2.24) is 14.8 Å². The highest BCUT2D eigenvalue weighted by molar-refractivity contribution is 7.99. The third kappa shape index (κ3) is 5.67. The summed E-state index contributed by atoms with van der Waals surface area (Å²) in [6.07, 6.45) is 2.48. The fourth-order valence-corrected chi connectivity index (χ4v) is 4.55. The predicted octanol–water partition coefficient (Wildman–Crippen LogP) is 4.60. The van der Waals surface area contributed by atoms with Gasteiger partial charge < -0.3 is 14.8 Å². The Kier molecular flexibility index (Phi) is 6.92. The van der Waals surface area contributed by atoms with E-state index in [1.165, 1.54) is 35.9 Å². The van der Waals surface area contributed by atoms with Crippen molar-refractivity contribution in [2.45, 2.75) is 38.4 Å². The van der Waals surface area contributed by atoms with Crippen LogP contribution in [0.5, 0.6) is 0 Å². The smallest absolute Gasteiger partial charge is 0.234 e. The van der Waals surface area contributed by atoms with Crippen molar-refractivity contribution in [1.29, 1.82) is 0 Å². The number of hydrogen-bond acceptors (Lipinski definition) is 5. The quantitative estimate of drug-likeness (QED) is 0.550. The van der Waals surface area contributed by atoms with Crippen LogP contribution in [0.25, 0.3) is 0 Å². The van der Waals surface area contributed by atoms with E-state index in [0.717, 1.165) is 35.7 Å². The van der Waals surface area contributed by atoms with Crippen LogP contribution in [0.3, 0.4) is 0 Å². The predicted molar refractivity (Wildman–Crippen MR) is 127 cm³/mol. The number of carbonyl (C=O) groups excluding carboxylic acids is 1. The van der Waals surface area contributed by atoms with Gasteiger partial charge in [0.2, 0.25) is 5.91 Å². The molecule has 0 unspecified atom stereocenters. The van der Waals surface area contributed by atoms with E-state index in [4.69, 9.17) is 0 Å². The molecule has 1 aliphatic rings. The summed E-state index contributed by atoms with van der Waals surface area (Å²) in [5.74, 6) is 1.90. The first-order valence-electron chi connectivity index (χ1n) is 10.8. The van der Waals surface area contributed by atoms with Crippen LogP contribution >= 0.6 is 11.8 Å². The second kappa shape index (κ2) is 10.0. The Balaban J connectivity index is 1.31. The molecule has 1 fully saturated rings. The molecule has 1 aliphatic heterocycles. The molecule has 162 valence electrons. The van der Waals surface area contributed by atoms with Gasteiger partial charge in [-0.15, -0.1) is 10.2 Å². The molecule has 0 atom stereocenters. The SMILES string of the molecule is Cc1nnc(SCC(=O)Nc2ccc(N3CCC(C)CC3)cc2)n1Cc1ccccc1. The van der Waals surface area contributed by atoms with Crippen molar-refractivity contribution >= 4 is 29.0 Å².